The molecule has 1 N–H and O–H groups in total. The number of rotatable bonds is 5. The molecule has 1 heterocycles. The molecule has 0 radical (unpaired) electrons. The number of amides is 1. The quantitative estimate of drug-likeness (QED) is 0.357. The highest BCUT2D eigenvalue weighted by Gasteiger charge is 2.33. The monoisotopic (exact) mass is 481 g/mol. The molecule has 180 valence electrons. The van der Waals surface area contributed by atoms with E-state index in [1.807, 2.05) is 32.0 Å². The van der Waals surface area contributed by atoms with Gasteiger partial charge in [0.15, 0.2) is 12.4 Å². The Balaban J connectivity index is 1.71. The highest BCUT2D eigenvalue weighted by Crippen LogP contribution is 2.35. The van der Waals surface area contributed by atoms with Gasteiger partial charge < -0.3 is 14.5 Å². The van der Waals surface area contributed by atoms with Gasteiger partial charge in [0.1, 0.15) is 5.58 Å². The van der Waals surface area contributed by atoms with E-state index in [9.17, 15) is 22.8 Å². The Morgan fingerprint density at radius 2 is 1.66 bits per heavy atom. The van der Waals surface area contributed by atoms with E-state index in [0.29, 0.717) is 22.1 Å². The molecule has 4 aromatic rings. The number of nitrogens with one attached hydrogen (secondary N) is 1. The first kappa shape index (κ1) is 24.1. The lowest BCUT2D eigenvalue weighted by Gasteiger charge is -2.15. The third-order valence-corrected chi connectivity index (χ3v) is 5.46. The van der Waals surface area contributed by atoms with Gasteiger partial charge in [-0.25, -0.2) is 0 Å². The number of hydrogen-bond donors (Lipinski definition) is 1. The summed E-state index contributed by atoms with van der Waals surface area (Å²) >= 11 is 0. The average Bonchev–Trinajstić information content (AvgIpc) is 2.78. The van der Waals surface area contributed by atoms with Crippen LogP contribution in [0.5, 0.6) is 5.75 Å². The largest absolute Gasteiger partial charge is 0.476 e. The normalized spacial score (nSPS) is 11.5. The number of alkyl halides is 3. The van der Waals surface area contributed by atoms with Crippen molar-refractivity contribution in [1.82, 2.24) is 0 Å². The van der Waals surface area contributed by atoms with E-state index < -0.39 is 35.4 Å². The van der Waals surface area contributed by atoms with Crippen LogP contribution in [0.15, 0.2) is 69.9 Å². The Bertz CT molecular complexity index is 1470. The summed E-state index contributed by atoms with van der Waals surface area (Å²) in [6, 6.07) is 15.4. The maximum atomic E-state index is 13.4. The van der Waals surface area contributed by atoms with Gasteiger partial charge >= 0.3 is 6.18 Å². The second-order valence-electron chi connectivity index (χ2n) is 8.29. The van der Waals surface area contributed by atoms with Crippen molar-refractivity contribution in [3.8, 4) is 17.1 Å². The fraction of sp³-hybridized carbons (Fsp3) is 0.185. The van der Waals surface area contributed by atoms with Crippen molar-refractivity contribution >= 4 is 22.6 Å². The maximum Gasteiger partial charge on any atom is 0.418 e. The van der Waals surface area contributed by atoms with E-state index in [1.54, 1.807) is 25.1 Å². The average molecular weight is 481 g/mol. The maximum absolute atomic E-state index is 13.4. The predicted molar refractivity (Wildman–Crippen MR) is 128 cm³/mol. The smallest absolute Gasteiger partial charge is 0.418 e. The third-order valence-electron chi connectivity index (χ3n) is 5.46. The molecule has 0 unspecified atom stereocenters. The second kappa shape index (κ2) is 9.29. The van der Waals surface area contributed by atoms with Gasteiger partial charge in [0.05, 0.1) is 16.6 Å². The topological polar surface area (TPSA) is 68.5 Å². The molecule has 0 spiro atoms. The molecular weight excluding hydrogens is 459 g/mol. The minimum absolute atomic E-state index is 0.135. The van der Waals surface area contributed by atoms with Crippen molar-refractivity contribution in [2.45, 2.75) is 26.9 Å². The van der Waals surface area contributed by atoms with E-state index in [0.717, 1.165) is 23.3 Å². The Hall–Kier alpha value is -4.07. The fourth-order valence-corrected chi connectivity index (χ4v) is 3.86. The summed E-state index contributed by atoms with van der Waals surface area (Å²) in [4.78, 5) is 25.9. The number of ether oxygens (including phenoxy) is 1. The van der Waals surface area contributed by atoms with Crippen LogP contribution >= 0.6 is 0 Å². The zero-order chi connectivity index (χ0) is 25.3. The summed E-state index contributed by atoms with van der Waals surface area (Å²) in [5, 5.41) is 2.52. The summed E-state index contributed by atoms with van der Waals surface area (Å²) < 4.78 is 51.4. The molecule has 0 saturated carbocycles. The molecule has 4 rings (SSSR count). The molecule has 35 heavy (non-hydrogen) atoms. The van der Waals surface area contributed by atoms with Crippen LogP contribution in [0.1, 0.15) is 22.3 Å². The van der Waals surface area contributed by atoms with Crippen LogP contribution in [-0.2, 0) is 11.0 Å². The van der Waals surface area contributed by atoms with Crippen molar-refractivity contribution in [1.29, 1.82) is 0 Å². The molecule has 0 aliphatic heterocycles. The standard InChI is InChI=1S/C27H22F3NO4/c1-15-8-10-18(11-9-15)25-26(24(33)23-17(3)12-16(2)13-21(23)35-25)34-14-22(32)31-20-7-5-4-6-19(20)27(28,29)30/h4-13H,14H2,1-3H3,(H,31,32). The second-order valence-corrected chi connectivity index (χ2v) is 8.29. The minimum atomic E-state index is -4.64. The van der Waals surface area contributed by atoms with Gasteiger partial charge in [0.25, 0.3) is 5.91 Å². The number of anilines is 1. The first-order valence-electron chi connectivity index (χ1n) is 10.8. The molecule has 5 nitrogen and oxygen atoms in total. The lowest BCUT2D eigenvalue weighted by Crippen LogP contribution is -2.24. The first-order valence-corrected chi connectivity index (χ1v) is 10.8. The molecule has 1 aromatic heterocycles. The number of hydrogen-bond acceptors (Lipinski definition) is 4. The Kier molecular flexibility index (Phi) is 6.39. The molecule has 8 heteroatoms. The molecular formula is C27H22F3NO4. The Labute approximate surface area is 199 Å². The number of aryl methyl sites for hydroxylation is 3. The fourth-order valence-electron chi connectivity index (χ4n) is 3.86. The van der Waals surface area contributed by atoms with Gasteiger partial charge in [0.2, 0.25) is 11.2 Å². The van der Waals surface area contributed by atoms with E-state index in [4.69, 9.17) is 9.15 Å². The van der Waals surface area contributed by atoms with E-state index in [-0.39, 0.29) is 11.5 Å². The number of fused-ring (bicyclic) bond motifs is 1. The number of carbonyl (C=O) groups is 1. The summed E-state index contributed by atoms with van der Waals surface area (Å²) in [5.74, 6) is -0.903. The minimum Gasteiger partial charge on any atom is -0.476 e. The highest BCUT2D eigenvalue weighted by atomic mass is 19.4. The van der Waals surface area contributed by atoms with E-state index in [2.05, 4.69) is 5.32 Å². The van der Waals surface area contributed by atoms with Gasteiger partial charge in [-0.1, -0.05) is 48.0 Å². The van der Waals surface area contributed by atoms with Gasteiger partial charge in [-0.15, -0.1) is 0 Å². The van der Waals surface area contributed by atoms with Crippen LogP contribution in [-0.4, -0.2) is 12.5 Å². The summed E-state index contributed by atoms with van der Waals surface area (Å²) in [7, 11) is 0. The molecule has 0 aliphatic carbocycles. The van der Waals surface area contributed by atoms with Crippen LogP contribution in [0, 0.1) is 20.8 Å². The predicted octanol–water partition coefficient (Wildman–Crippen LogP) is 6.42. The third kappa shape index (κ3) is 5.06. The zero-order valence-electron chi connectivity index (χ0n) is 19.2. The van der Waals surface area contributed by atoms with Crippen molar-refractivity contribution < 1.29 is 27.1 Å². The molecule has 0 atom stereocenters. The van der Waals surface area contributed by atoms with Crippen molar-refractivity contribution in [2.75, 3.05) is 11.9 Å². The SMILES string of the molecule is Cc1ccc(-c2oc3cc(C)cc(C)c3c(=O)c2OCC(=O)Nc2ccccc2C(F)(F)F)cc1. The molecule has 3 aromatic carbocycles. The van der Waals surface area contributed by atoms with E-state index >= 15 is 0 Å². The zero-order valence-corrected chi connectivity index (χ0v) is 19.2. The van der Waals surface area contributed by atoms with E-state index in [1.165, 1.54) is 12.1 Å². The first-order chi connectivity index (χ1) is 16.5. The summed E-state index contributed by atoms with van der Waals surface area (Å²) in [6.07, 6.45) is -4.64. The summed E-state index contributed by atoms with van der Waals surface area (Å²) in [5.41, 5.74) is 1.67. The number of halogens is 3. The lowest BCUT2D eigenvalue weighted by molar-refractivity contribution is -0.137. The summed E-state index contributed by atoms with van der Waals surface area (Å²) in [6.45, 7) is 4.87. The molecule has 0 bridgehead atoms. The number of benzene rings is 3. The lowest BCUT2D eigenvalue weighted by atomic mass is 10.0. The molecule has 0 fully saturated rings. The van der Waals surface area contributed by atoms with Gasteiger partial charge in [-0.3, -0.25) is 9.59 Å². The van der Waals surface area contributed by atoms with Crippen molar-refractivity contribution in [3.05, 3.63) is 93.1 Å². The van der Waals surface area contributed by atoms with Crippen LogP contribution in [0.2, 0.25) is 0 Å². The van der Waals surface area contributed by atoms with Crippen molar-refractivity contribution in [2.24, 2.45) is 0 Å². The molecule has 0 saturated heterocycles. The number of para-hydroxylation sites is 1. The van der Waals surface area contributed by atoms with Gasteiger partial charge in [-0.2, -0.15) is 13.2 Å². The van der Waals surface area contributed by atoms with Crippen molar-refractivity contribution in [3.63, 3.8) is 0 Å². The van der Waals surface area contributed by atoms with Gasteiger partial charge in [-0.05, 0) is 50.1 Å². The van der Waals surface area contributed by atoms with Crippen LogP contribution < -0.4 is 15.5 Å². The van der Waals surface area contributed by atoms with Crippen LogP contribution in [0.3, 0.4) is 0 Å². The molecule has 0 aliphatic rings. The Morgan fingerprint density at radius 3 is 2.34 bits per heavy atom. The Morgan fingerprint density at radius 1 is 0.971 bits per heavy atom. The highest BCUT2D eigenvalue weighted by molar-refractivity contribution is 5.93. The van der Waals surface area contributed by atoms with Crippen LogP contribution in [0.25, 0.3) is 22.3 Å². The molecule has 1 amide bonds. The van der Waals surface area contributed by atoms with Crippen LogP contribution in [0.4, 0.5) is 18.9 Å². The number of carbonyl (C=O) groups excluding carboxylic acids is 1. The van der Waals surface area contributed by atoms with Gasteiger partial charge in [0, 0.05) is 5.56 Å².